The maximum atomic E-state index is 12.3. The Kier molecular flexibility index (Phi) is 7.98. The van der Waals surface area contributed by atoms with Crippen LogP contribution in [-0.4, -0.2) is 35.1 Å². The quantitative estimate of drug-likeness (QED) is 0.509. The zero-order valence-corrected chi connectivity index (χ0v) is 17.4. The van der Waals surface area contributed by atoms with Crippen molar-refractivity contribution in [3.63, 3.8) is 0 Å². The highest BCUT2D eigenvalue weighted by Gasteiger charge is 2.21. The van der Waals surface area contributed by atoms with E-state index in [1.54, 1.807) is 26.8 Å². The third kappa shape index (κ3) is 7.95. The number of nitrogens with one attached hydrogen (secondary N) is 1. The van der Waals surface area contributed by atoms with Crippen LogP contribution in [-0.2, 0) is 38.5 Å². The number of phenolic OH excluding ortho intramolecular Hbond substituents is 1. The summed E-state index contributed by atoms with van der Waals surface area (Å²) < 4.78 is 10.5. The Labute approximate surface area is 176 Å². The van der Waals surface area contributed by atoms with E-state index in [0.29, 0.717) is 17.4 Å². The Morgan fingerprint density at radius 2 is 1.80 bits per heavy atom. The molecule has 0 aliphatic heterocycles. The van der Waals surface area contributed by atoms with E-state index in [1.807, 2.05) is 30.3 Å². The number of aromatic hydroxyl groups is 1. The van der Waals surface area contributed by atoms with Crippen molar-refractivity contribution in [3.8, 4) is 5.75 Å². The third-order valence-corrected chi connectivity index (χ3v) is 4.07. The summed E-state index contributed by atoms with van der Waals surface area (Å²) in [5, 5.41) is 12.3. The van der Waals surface area contributed by atoms with Gasteiger partial charge in [-0.15, -0.1) is 0 Å². The zero-order valence-electron chi connectivity index (χ0n) is 17.4. The van der Waals surface area contributed by atoms with Gasteiger partial charge in [0, 0.05) is 0 Å². The normalized spacial score (nSPS) is 12.0. The fourth-order valence-electron chi connectivity index (χ4n) is 2.75. The fraction of sp³-hybridized carbons (Fsp3) is 0.348. The minimum absolute atomic E-state index is 0.00707. The van der Waals surface area contributed by atoms with Crippen LogP contribution >= 0.6 is 0 Å². The molecule has 2 N–H and O–H groups in total. The number of rotatable bonds is 8. The molecule has 2 rings (SSSR count). The minimum atomic E-state index is -0.844. The van der Waals surface area contributed by atoms with Crippen LogP contribution < -0.4 is 5.32 Å². The van der Waals surface area contributed by atoms with E-state index in [9.17, 15) is 19.5 Å². The summed E-state index contributed by atoms with van der Waals surface area (Å²) >= 11 is 0. The van der Waals surface area contributed by atoms with Gasteiger partial charge < -0.3 is 24.7 Å². The molecule has 2 aromatic carbocycles. The van der Waals surface area contributed by atoms with Gasteiger partial charge in [0.1, 0.15) is 24.2 Å². The van der Waals surface area contributed by atoms with Crippen LogP contribution in [0.25, 0.3) is 0 Å². The number of hydrogen-bond donors (Lipinski definition) is 2. The molecule has 0 aliphatic rings. The molecular weight excluding hydrogens is 386 g/mol. The molecule has 7 heteroatoms. The lowest BCUT2D eigenvalue weighted by molar-refractivity contribution is -0.144. The molecule has 30 heavy (non-hydrogen) atoms. The monoisotopic (exact) mass is 413 g/mol. The number of hydrogen-bond acceptors (Lipinski definition) is 6. The summed E-state index contributed by atoms with van der Waals surface area (Å²) in [6.45, 7) is 5.32. The number of phenols is 1. The fourth-order valence-corrected chi connectivity index (χ4v) is 2.75. The van der Waals surface area contributed by atoms with Gasteiger partial charge in [0.05, 0.1) is 12.5 Å². The molecule has 1 atom stereocenters. The largest absolute Gasteiger partial charge is 0.508 e. The first-order chi connectivity index (χ1) is 14.2. The second-order valence-electron chi connectivity index (χ2n) is 7.87. The SMILES string of the molecule is CC(C)(C)OC(=O)N[C@H](C=O)Cc1ccc(O)cc1CC(=O)OCc1ccccc1. The predicted molar refractivity (Wildman–Crippen MR) is 111 cm³/mol. The minimum Gasteiger partial charge on any atom is -0.508 e. The molecule has 0 unspecified atom stereocenters. The van der Waals surface area contributed by atoms with Gasteiger partial charge in [-0.3, -0.25) is 4.79 Å². The van der Waals surface area contributed by atoms with Crippen molar-refractivity contribution in [2.75, 3.05) is 0 Å². The Morgan fingerprint density at radius 1 is 1.10 bits per heavy atom. The summed E-state index contributed by atoms with van der Waals surface area (Å²) in [5.41, 5.74) is 1.33. The molecule has 0 aliphatic carbocycles. The Balaban J connectivity index is 2.03. The molecule has 0 fully saturated rings. The number of aldehydes is 1. The van der Waals surface area contributed by atoms with Gasteiger partial charge in [-0.2, -0.15) is 0 Å². The van der Waals surface area contributed by atoms with Crippen LogP contribution in [0.3, 0.4) is 0 Å². The smallest absolute Gasteiger partial charge is 0.408 e. The summed E-state index contributed by atoms with van der Waals surface area (Å²) in [6.07, 6.45) is -0.0325. The summed E-state index contributed by atoms with van der Waals surface area (Å²) in [7, 11) is 0. The number of amides is 1. The van der Waals surface area contributed by atoms with E-state index in [2.05, 4.69) is 5.32 Å². The van der Waals surface area contributed by atoms with Gasteiger partial charge >= 0.3 is 12.1 Å². The molecule has 0 radical (unpaired) electrons. The number of carbonyl (C=O) groups excluding carboxylic acids is 3. The Bertz CT molecular complexity index is 873. The molecule has 0 saturated carbocycles. The van der Waals surface area contributed by atoms with Crippen molar-refractivity contribution in [3.05, 3.63) is 65.2 Å². The van der Waals surface area contributed by atoms with Crippen LogP contribution in [0.15, 0.2) is 48.5 Å². The highest BCUT2D eigenvalue weighted by molar-refractivity contribution is 5.75. The second kappa shape index (κ2) is 10.4. The standard InChI is InChI=1S/C23H27NO6/c1-23(2,3)30-22(28)24-19(14-25)11-17-9-10-20(26)12-18(17)13-21(27)29-15-16-7-5-4-6-8-16/h4-10,12,14,19,26H,11,13,15H2,1-3H3,(H,24,28)/t19-/m0/s1. The van der Waals surface area contributed by atoms with E-state index in [1.165, 1.54) is 12.1 Å². The highest BCUT2D eigenvalue weighted by Crippen LogP contribution is 2.20. The molecule has 0 bridgehead atoms. The van der Waals surface area contributed by atoms with Crippen molar-refractivity contribution in [2.45, 2.75) is 51.9 Å². The molecule has 0 aromatic heterocycles. The van der Waals surface area contributed by atoms with Crippen molar-refractivity contribution in [1.82, 2.24) is 5.32 Å². The Hall–Kier alpha value is -3.35. The molecule has 160 valence electrons. The van der Waals surface area contributed by atoms with Gasteiger partial charge in [0.25, 0.3) is 0 Å². The highest BCUT2D eigenvalue weighted by atomic mass is 16.6. The van der Waals surface area contributed by atoms with Crippen molar-refractivity contribution in [2.24, 2.45) is 0 Å². The van der Waals surface area contributed by atoms with E-state index in [0.717, 1.165) is 5.56 Å². The van der Waals surface area contributed by atoms with E-state index in [4.69, 9.17) is 9.47 Å². The van der Waals surface area contributed by atoms with Gasteiger partial charge in [0.2, 0.25) is 0 Å². The maximum absolute atomic E-state index is 12.3. The first-order valence-corrected chi connectivity index (χ1v) is 9.61. The lowest BCUT2D eigenvalue weighted by Crippen LogP contribution is -2.41. The summed E-state index contributed by atoms with van der Waals surface area (Å²) in [6, 6.07) is 13.0. The van der Waals surface area contributed by atoms with Crippen LogP contribution in [0.4, 0.5) is 4.79 Å². The first-order valence-electron chi connectivity index (χ1n) is 9.61. The van der Waals surface area contributed by atoms with E-state index < -0.39 is 23.7 Å². The maximum Gasteiger partial charge on any atom is 0.408 e. The number of carbonyl (C=O) groups is 3. The Morgan fingerprint density at radius 3 is 2.43 bits per heavy atom. The van der Waals surface area contributed by atoms with Crippen LogP contribution in [0.2, 0.25) is 0 Å². The lowest BCUT2D eigenvalue weighted by atomic mass is 9.98. The topological polar surface area (TPSA) is 102 Å². The third-order valence-electron chi connectivity index (χ3n) is 4.07. The van der Waals surface area contributed by atoms with Crippen molar-refractivity contribution < 1.29 is 29.0 Å². The average molecular weight is 413 g/mol. The van der Waals surface area contributed by atoms with Gasteiger partial charge in [-0.25, -0.2) is 4.79 Å². The summed E-state index contributed by atoms with van der Waals surface area (Å²) in [4.78, 5) is 35.7. The summed E-state index contributed by atoms with van der Waals surface area (Å²) in [5.74, 6) is -0.471. The van der Waals surface area contributed by atoms with Crippen molar-refractivity contribution in [1.29, 1.82) is 0 Å². The molecule has 0 spiro atoms. The molecule has 0 heterocycles. The zero-order chi connectivity index (χ0) is 22.1. The van der Waals surface area contributed by atoms with E-state index >= 15 is 0 Å². The van der Waals surface area contributed by atoms with Gasteiger partial charge in [0.15, 0.2) is 0 Å². The van der Waals surface area contributed by atoms with Gasteiger partial charge in [-0.1, -0.05) is 36.4 Å². The van der Waals surface area contributed by atoms with Gasteiger partial charge in [-0.05, 0) is 56.0 Å². The van der Waals surface area contributed by atoms with E-state index in [-0.39, 0.29) is 25.2 Å². The predicted octanol–water partition coefficient (Wildman–Crippen LogP) is 3.31. The number of benzene rings is 2. The van der Waals surface area contributed by atoms with Crippen LogP contribution in [0, 0.1) is 0 Å². The first kappa shape index (κ1) is 22.9. The molecule has 0 saturated heterocycles. The average Bonchev–Trinajstić information content (AvgIpc) is 2.67. The molecule has 1 amide bonds. The number of esters is 1. The number of alkyl carbamates (subject to hydrolysis) is 1. The second-order valence-corrected chi connectivity index (χ2v) is 7.87. The number of ether oxygens (including phenoxy) is 2. The lowest BCUT2D eigenvalue weighted by Gasteiger charge is -2.22. The van der Waals surface area contributed by atoms with Crippen molar-refractivity contribution >= 4 is 18.3 Å². The van der Waals surface area contributed by atoms with Crippen LogP contribution in [0.5, 0.6) is 5.75 Å². The van der Waals surface area contributed by atoms with Crippen LogP contribution in [0.1, 0.15) is 37.5 Å². The molecule has 7 nitrogen and oxygen atoms in total. The molecule has 2 aromatic rings. The molecular formula is C23H27NO6.